The number of carboxylic acid groups (broad SMARTS) is 1. The maximum Gasteiger partial charge on any atom is 0.335 e. The molecule has 108 valence electrons. The highest BCUT2D eigenvalue weighted by atomic mass is 16.4. The second-order valence-corrected chi connectivity index (χ2v) is 5.19. The second-order valence-electron chi connectivity index (χ2n) is 5.19. The van der Waals surface area contributed by atoms with Crippen LogP contribution in [0.1, 0.15) is 32.0 Å². The quantitative estimate of drug-likeness (QED) is 0.903. The Bertz CT molecular complexity index is 721. The number of nitrogens with zero attached hydrogens (tertiary/aromatic N) is 3. The summed E-state index contributed by atoms with van der Waals surface area (Å²) >= 11 is 0. The molecule has 0 saturated carbocycles. The van der Waals surface area contributed by atoms with Crippen molar-refractivity contribution in [3.63, 3.8) is 0 Å². The van der Waals surface area contributed by atoms with E-state index in [1.54, 1.807) is 34.1 Å². The van der Waals surface area contributed by atoms with E-state index in [0.717, 1.165) is 17.5 Å². The van der Waals surface area contributed by atoms with Crippen molar-refractivity contribution >= 4 is 11.9 Å². The normalized spacial score (nSPS) is 13.9. The number of aromatic nitrogens is 2. The lowest BCUT2D eigenvalue weighted by Crippen LogP contribution is -2.36. The SMILES string of the molecule is Cn1cnc(C(=O)N2CCc3ccc(C(=O)O)cc3C2)c1. The van der Waals surface area contributed by atoms with Crippen molar-refractivity contribution in [2.24, 2.45) is 7.05 Å². The number of carbonyl (C=O) groups is 2. The zero-order chi connectivity index (χ0) is 15.0. The summed E-state index contributed by atoms with van der Waals surface area (Å²) in [7, 11) is 1.81. The first-order valence-corrected chi connectivity index (χ1v) is 6.67. The molecule has 0 aliphatic carbocycles. The van der Waals surface area contributed by atoms with Gasteiger partial charge in [0, 0.05) is 26.3 Å². The van der Waals surface area contributed by atoms with Gasteiger partial charge >= 0.3 is 5.97 Å². The number of hydrogen-bond donors (Lipinski definition) is 1. The van der Waals surface area contributed by atoms with E-state index in [1.165, 1.54) is 0 Å². The largest absolute Gasteiger partial charge is 0.478 e. The van der Waals surface area contributed by atoms with Crippen LogP contribution in [0.15, 0.2) is 30.7 Å². The minimum absolute atomic E-state index is 0.123. The van der Waals surface area contributed by atoms with Crippen molar-refractivity contribution in [1.82, 2.24) is 14.5 Å². The first-order valence-electron chi connectivity index (χ1n) is 6.67. The van der Waals surface area contributed by atoms with Crippen LogP contribution in [-0.4, -0.2) is 38.0 Å². The van der Waals surface area contributed by atoms with Crippen molar-refractivity contribution in [2.75, 3.05) is 6.54 Å². The number of imidazole rings is 1. The van der Waals surface area contributed by atoms with E-state index in [1.807, 2.05) is 13.1 Å². The Kier molecular flexibility index (Phi) is 3.21. The molecule has 0 radical (unpaired) electrons. The van der Waals surface area contributed by atoms with Gasteiger partial charge in [-0.05, 0) is 29.7 Å². The van der Waals surface area contributed by atoms with E-state index in [9.17, 15) is 9.59 Å². The molecule has 6 nitrogen and oxygen atoms in total. The van der Waals surface area contributed by atoms with Gasteiger partial charge in [0.25, 0.3) is 5.91 Å². The van der Waals surface area contributed by atoms with Crippen LogP contribution in [0.4, 0.5) is 0 Å². The van der Waals surface area contributed by atoms with Gasteiger partial charge in [0.1, 0.15) is 5.69 Å². The smallest absolute Gasteiger partial charge is 0.335 e. The average molecular weight is 285 g/mol. The van der Waals surface area contributed by atoms with E-state index in [-0.39, 0.29) is 11.5 Å². The van der Waals surface area contributed by atoms with Crippen LogP contribution in [0, 0.1) is 0 Å². The van der Waals surface area contributed by atoms with Gasteiger partial charge in [0.05, 0.1) is 11.9 Å². The lowest BCUT2D eigenvalue weighted by atomic mass is 9.97. The molecule has 1 N–H and O–H groups in total. The Labute approximate surface area is 121 Å². The summed E-state index contributed by atoms with van der Waals surface area (Å²) in [6.45, 7) is 1.04. The van der Waals surface area contributed by atoms with Gasteiger partial charge in [0.15, 0.2) is 0 Å². The van der Waals surface area contributed by atoms with Crippen molar-refractivity contribution in [3.8, 4) is 0 Å². The van der Waals surface area contributed by atoms with Crippen LogP contribution in [-0.2, 0) is 20.0 Å². The lowest BCUT2D eigenvalue weighted by molar-refractivity contribution is 0.0696. The summed E-state index contributed by atoms with van der Waals surface area (Å²) < 4.78 is 1.73. The van der Waals surface area contributed by atoms with E-state index in [0.29, 0.717) is 18.8 Å². The zero-order valence-electron chi connectivity index (χ0n) is 11.6. The Morgan fingerprint density at radius 1 is 1.29 bits per heavy atom. The minimum Gasteiger partial charge on any atom is -0.478 e. The topological polar surface area (TPSA) is 75.4 Å². The van der Waals surface area contributed by atoms with Crippen LogP contribution in [0.2, 0.25) is 0 Å². The molecule has 21 heavy (non-hydrogen) atoms. The van der Waals surface area contributed by atoms with E-state index in [2.05, 4.69) is 4.98 Å². The maximum absolute atomic E-state index is 12.4. The lowest BCUT2D eigenvalue weighted by Gasteiger charge is -2.28. The summed E-state index contributed by atoms with van der Waals surface area (Å²) in [5, 5.41) is 9.05. The Morgan fingerprint density at radius 3 is 2.76 bits per heavy atom. The van der Waals surface area contributed by atoms with Gasteiger partial charge in [-0.1, -0.05) is 6.07 Å². The fourth-order valence-electron chi connectivity index (χ4n) is 2.55. The van der Waals surface area contributed by atoms with Crippen LogP contribution in [0.25, 0.3) is 0 Å². The van der Waals surface area contributed by atoms with Crippen LogP contribution >= 0.6 is 0 Å². The number of benzene rings is 1. The van der Waals surface area contributed by atoms with Gasteiger partial charge in [-0.15, -0.1) is 0 Å². The molecule has 1 aliphatic rings. The van der Waals surface area contributed by atoms with Gasteiger partial charge < -0.3 is 14.6 Å². The average Bonchev–Trinajstić information content (AvgIpc) is 2.91. The van der Waals surface area contributed by atoms with Gasteiger partial charge in [0.2, 0.25) is 0 Å². The van der Waals surface area contributed by atoms with Crippen LogP contribution < -0.4 is 0 Å². The highest BCUT2D eigenvalue weighted by Crippen LogP contribution is 2.21. The number of hydrogen-bond acceptors (Lipinski definition) is 3. The third-order valence-electron chi connectivity index (χ3n) is 3.68. The summed E-state index contributed by atoms with van der Waals surface area (Å²) in [6, 6.07) is 5.09. The summed E-state index contributed by atoms with van der Waals surface area (Å²) in [5.41, 5.74) is 2.66. The molecule has 0 fully saturated rings. The van der Waals surface area contributed by atoms with Gasteiger partial charge in [-0.25, -0.2) is 9.78 Å². The molecule has 0 bridgehead atoms. The van der Waals surface area contributed by atoms with Crippen molar-refractivity contribution < 1.29 is 14.7 Å². The third-order valence-corrected chi connectivity index (χ3v) is 3.68. The summed E-state index contributed by atoms with van der Waals surface area (Å²) in [4.78, 5) is 29.2. The molecule has 1 aromatic heterocycles. The molecule has 1 aliphatic heterocycles. The Balaban J connectivity index is 1.84. The number of amides is 1. The van der Waals surface area contributed by atoms with Crippen molar-refractivity contribution in [3.05, 3.63) is 53.1 Å². The van der Waals surface area contributed by atoms with Crippen LogP contribution in [0.5, 0.6) is 0 Å². The maximum atomic E-state index is 12.4. The van der Waals surface area contributed by atoms with E-state index >= 15 is 0 Å². The molecule has 2 aromatic rings. The molecule has 1 amide bonds. The number of aryl methyl sites for hydroxylation is 1. The molecule has 0 unspecified atom stereocenters. The molecule has 1 aromatic carbocycles. The van der Waals surface area contributed by atoms with Gasteiger partial charge in [-0.3, -0.25) is 4.79 Å². The van der Waals surface area contributed by atoms with Gasteiger partial charge in [-0.2, -0.15) is 0 Å². The number of rotatable bonds is 2. The highest BCUT2D eigenvalue weighted by Gasteiger charge is 2.23. The van der Waals surface area contributed by atoms with E-state index in [4.69, 9.17) is 5.11 Å². The van der Waals surface area contributed by atoms with Crippen LogP contribution in [0.3, 0.4) is 0 Å². The minimum atomic E-state index is -0.953. The molecule has 2 heterocycles. The second kappa shape index (κ2) is 5.05. The first-order chi connectivity index (χ1) is 10.0. The fourth-order valence-corrected chi connectivity index (χ4v) is 2.55. The number of aromatic carboxylic acids is 1. The molecular formula is C15H15N3O3. The number of carbonyl (C=O) groups excluding carboxylic acids is 1. The fraction of sp³-hybridized carbons (Fsp3) is 0.267. The predicted molar refractivity (Wildman–Crippen MR) is 75.1 cm³/mol. The predicted octanol–water partition coefficient (Wildman–Crippen LogP) is 1.32. The number of fused-ring (bicyclic) bond motifs is 1. The standard InChI is InChI=1S/C15H15N3O3/c1-17-8-13(16-9-17)14(19)18-5-4-10-2-3-11(15(20)21)6-12(10)7-18/h2-3,6,8-9H,4-5,7H2,1H3,(H,20,21). The molecule has 3 rings (SSSR count). The molecule has 0 atom stereocenters. The molecule has 6 heteroatoms. The third kappa shape index (κ3) is 2.52. The van der Waals surface area contributed by atoms with E-state index < -0.39 is 5.97 Å². The van der Waals surface area contributed by atoms with Crippen molar-refractivity contribution in [2.45, 2.75) is 13.0 Å². The van der Waals surface area contributed by atoms with Crippen molar-refractivity contribution in [1.29, 1.82) is 0 Å². The zero-order valence-corrected chi connectivity index (χ0v) is 11.6. The number of carboxylic acids is 1. The monoisotopic (exact) mass is 285 g/mol. The molecule has 0 spiro atoms. The summed E-state index contributed by atoms with van der Waals surface area (Å²) in [6.07, 6.45) is 4.01. The molecular weight excluding hydrogens is 270 g/mol. The highest BCUT2D eigenvalue weighted by molar-refractivity contribution is 5.92. The summed E-state index contributed by atoms with van der Waals surface area (Å²) in [5.74, 6) is -1.08. The Morgan fingerprint density at radius 2 is 2.10 bits per heavy atom. The molecule has 0 saturated heterocycles. The Hall–Kier alpha value is -2.63. The first kappa shape index (κ1) is 13.4.